The molecule has 0 amide bonds. The lowest BCUT2D eigenvalue weighted by atomic mass is 10.1. The molecule has 1 aromatic rings. The van der Waals surface area contributed by atoms with E-state index >= 15 is 0 Å². The molecule has 0 aliphatic rings. The summed E-state index contributed by atoms with van der Waals surface area (Å²) in [6, 6.07) is 6.76. The van der Waals surface area contributed by atoms with Gasteiger partial charge in [-0.3, -0.25) is 0 Å². The Hall–Kier alpha value is -1.15. The first-order valence-corrected chi connectivity index (χ1v) is 5.45. The fourth-order valence-corrected chi connectivity index (χ4v) is 2.08. The van der Waals surface area contributed by atoms with Gasteiger partial charge in [0.15, 0.2) is 0 Å². The van der Waals surface area contributed by atoms with Crippen LogP contribution in [0.4, 0.5) is 13.2 Å². The topological polar surface area (TPSA) is 23.8 Å². The van der Waals surface area contributed by atoms with Crippen LogP contribution in [0, 0.1) is 18.3 Å². The predicted molar refractivity (Wildman–Crippen MR) is 57.0 cm³/mol. The Kier molecular flexibility index (Phi) is 4.25. The molecule has 0 aliphatic carbocycles. The molecule has 0 N–H and O–H groups in total. The fraction of sp³-hybridized carbons (Fsp3) is 0.364. The number of nitriles is 1. The third kappa shape index (κ3) is 4.58. The number of alkyl halides is 3. The second-order valence-electron chi connectivity index (χ2n) is 3.36. The summed E-state index contributed by atoms with van der Waals surface area (Å²) >= 11 is -0.120. The maximum Gasteiger partial charge on any atom is 0.446 e. The summed E-state index contributed by atoms with van der Waals surface area (Å²) in [5, 5.41) is 8.42. The lowest BCUT2D eigenvalue weighted by molar-refractivity contribution is -0.0328. The van der Waals surface area contributed by atoms with E-state index in [0.717, 1.165) is 11.1 Å². The van der Waals surface area contributed by atoms with Crippen molar-refractivity contribution in [1.29, 1.82) is 5.26 Å². The number of halogens is 3. The van der Waals surface area contributed by atoms with Crippen LogP contribution in [0.1, 0.15) is 17.5 Å². The number of hydrogen-bond donors (Lipinski definition) is 0. The molecule has 0 bridgehead atoms. The Labute approximate surface area is 96.3 Å². The minimum absolute atomic E-state index is 0.120. The van der Waals surface area contributed by atoms with Crippen molar-refractivity contribution in [1.82, 2.24) is 0 Å². The van der Waals surface area contributed by atoms with Gasteiger partial charge in [-0.05, 0) is 48.4 Å². The lowest BCUT2D eigenvalue weighted by Gasteiger charge is -2.08. The second-order valence-corrected chi connectivity index (χ2v) is 4.50. The smallest absolute Gasteiger partial charge is 0.198 e. The van der Waals surface area contributed by atoms with E-state index in [2.05, 4.69) is 0 Å². The maximum absolute atomic E-state index is 12.2. The zero-order valence-electron chi connectivity index (χ0n) is 8.64. The molecule has 0 aliphatic heterocycles. The molecule has 1 aromatic carbocycles. The molecule has 0 spiro atoms. The van der Waals surface area contributed by atoms with Crippen molar-refractivity contribution in [2.75, 3.05) is 0 Å². The molecular formula is C11H10F3NS. The number of rotatable bonds is 3. The molecule has 0 unspecified atom stereocenters. The Morgan fingerprint density at radius 2 is 2.00 bits per heavy atom. The first kappa shape index (κ1) is 12.9. The molecule has 0 radical (unpaired) electrons. The lowest BCUT2D eigenvalue weighted by Crippen LogP contribution is -1.99. The summed E-state index contributed by atoms with van der Waals surface area (Å²) in [4.78, 5) is 0.181. The summed E-state index contributed by atoms with van der Waals surface area (Å²) in [6.45, 7) is 1.75. The quantitative estimate of drug-likeness (QED) is 0.750. The van der Waals surface area contributed by atoms with Crippen molar-refractivity contribution in [3.63, 3.8) is 0 Å². The highest BCUT2D eigenvalue weighted by molar-refractivity contribution is 8.00. The van der Waals surface area contributed by atoms with E-state index in [-0.39, 0.29) is 16.7 Å². The van der Waals surface area contributed by atoms with Gasteiger partial charge in [0.25, 0.3) is 0 Å². The Balaban J connectivity index is 2.86. The molecule has 86 valence electrons. The van der Waals surface area contributed by atoms with Gasteiger partial charge in [0.05, 0.1) is 6.07 Å². The van der Waals surface area contributed by atoms with Crippen LogP contribution in [0.3, 0.4) is 0 Å². The largest absolute Gasteiger partial charge is 0.446 e. The minimum atomic E-state index is -4.26. The first-order valence-electron chi connectivity index (χ1n) is 4.64. The van der Waals surface area contributed by atoms with E-state index in [1.165, 1.54) is 12.1 Å². The number of nitrogens with zero attached hydrogens (tertiary/aromatic N) is 1. The zero-order valence-corrected chi connectivity index (χ0v) is 9.45. The summed E-state index contributed by atoms with van der Waals surface area (Å²) in [5.41, 5.74) is -2.71. The van der Waals surface area contributed by atoms with Crippen LogP contribution in [-0.2, 0) is 6.42 Å². The number of aryl methyl sites for hydroxylation is 2. The summed E-state index contributed by atoms with van der Waals surface area (Å²) in [5.74, 6) is 0. The first-order chi connectivity index (χ1) is 7.40. The van der Waals surface area contributed by atoms with Crippen molar-refractivity contribution in [3.8, 4) is 6.07 Å². The van der Waals surface area contributed by atoms with E-state index in [1.54, 1.807) is 13.0 Å². The molecular weight excluding hydrogens is 235 g/mol. The van der Waals surface area contributed by atoms with E-state index in [9.17, 15) is 13.2 Å². The normalized spacial score (nSPS) is 11.2. The summed E-state index contributed by atoms with van der Waals surface area (Å²) in [6.07, 6.45) is 0.809. The molecule has 0 aromatic heterocycles. The van der Waals surface area contributed by atoms with Crippen LogP contribution in [0.2, 0.25) is 0 Å². The number of benzene rings is 1. The maximum atomic E-state index is 12.2. The van der Waals surface area contributed by atoms with Crippen molar-refractivity contribution >= 4 is 11.8 Å². The molecule has 0 heterocycles. The van der Waals surface area contributed by atoms with Crippen molar-refractivity contribution in [3.05, 3.63) is 29.3 Å². The number of hydrogen-bond acceptors (Lipinski definition) is 2. The molecule has 16 heavy (non-hydrogen) atoms. The monoisotopic (exact) mass is 245 g/mol. The van der Waals surface area contributed by atoms with Crippen LogP contribution >= 0.6 is 11.8 Å². The van der Waals surface area contributed by atoms with Gasteiger partial charge in [-0.1, -0.05) is 6.07 Å². The van der Waals surface area contributed by atoms with Crippen LogP contribution < -0.4 is 0 Å². The minimum Gasteiger partial charge on any atom is -0.198 e. The summed E-state index contributed by atoms with van der Waals surface area (Å²) in [7, 11) is 0. The zero-order chi connectivity index (χ0) is 12.2. The van der Waals surface area contributed by atoms with Gasteiger partial charge in [-0.2, -0.15) is 18.4 Å². The van der Waals surface area contributed by atoms with Gasteiger partial charge in [0.2, 0.25) is 0 Å². The molecule has 0 saturated heterocycles. The Bertz CT molecular complexity index is 407. The molecule has 0 atom stereocenters. The van der Waals surface area contributed by atoms with E-state index in [1.807, 2.05) is 6.07 Å². The molecule has 0 fully saturated rings. The standard InChI is InChI=1S/C11H10F3NS/c1-8-5-9(3-2-4-15)7-10(6-8)16-11(12,13)14/h5-7H,2-3H2,1H3. The van der Waals surface area contributed by atoms with Gasteiger partial charge >= 0.3 is 5.51 Å². The van der Waals surface area contributed by atoms with Crippen molar-refractivity contribution in [2.24, 2.45) is 0 Å². The molecule has 1 rings (SSSR count). The summed E-state index contributed by atoms with van der Waals surface area (Å²) < 4.78 is 36.5. The van der Waals surface area contributed by atoms with Gasteiger partial charge in [0, 0.05) is 11.3 Å². The Morgan fingerprint density at radius 1 is 1.31 bits per heavy atom. The van der Waals surface area contributed by atoms with E-state index < -0.39 is 5.51 Å². The molecule has 5 heteroatoms. The molecule has 0 saturated carbocycles. The highest BCUT2D eigenvalue weighted by Gasteiger charge is 2.29. The third-order valence-electron chi connectivity index (χ3n) is 1.87. The predicted octanol–water partition coefficient (Wildman–Crippen LogP) is 4.06. The van der Waals surface area contributed by atoms with Gasteiger partial charge in [0.1, 0.15) is 0 Å². The van der Waals surface area contributed by atoms with E-state index in [0.29, 0.717) is 12.8 Å². The highest BCUT2D eigenvalue weighted by Crippen LogP contribution is 2.37. The highest BCUT2D eigenvalue weighted by atomic mass is 32.2. The van der Waals surface area contributed by atoms with Gasteiger partial charge < -0.3 is 0 Å². The van der Waals surface area contributed by atoms with Gasteiger partial charge in [-0.25, -0.2) is 0 Å². The van der Waals surface area contributed by atoms with E-state index in [4.69, 9.17) is 5.26 Å². The Morgan fingerprint density at radius 3 is 2.56 bits per heavy atom. The van der Waals surface area contributed by atoms with Crippen LogP contribution in [0.15, 0.2) is 23.1 Å². The third-order valence-corrected chi connectivity index (χ3v) is 2.57. The van der Waals surface area contributed by atoms with Crippen LogP contribution in [0.5, 0.6) is 0 Å². The number of thioether (sulfide) groups is 1. The van der Waals surface area contributed by atoms with Crippen molar-refractivity contribution in [2.45, 2.75) is 30.2 Å². The average molecular weight is 245 g/mol. The van der Waals surface area contributed by atoms with Crippen LogP contribution in [0.25, 0.3) is 0 Å². The average Bonchev–Trinajstić information content (AvgIpc) is 2.10. The SMILES string of the molecule is Cc1cc(CCC#N)cc(SC(F)(F)F)c1. The van der Waals surface area contributed by atoms with Crippen LogP contribution in [-0.4, -0.2) is 5.51 Å². The molecule has 1 nitrogen and oxygen atoms in total. The second kappa shape index (κ2) is 5.26. The fourth-order valence-electron chi connectivity index (χ4n) is 1.36. The van der Waals surface area contributed by atoms with Gasteiger partial charge in [-0.15, -0.1) is 0 Å². The van der Waals surface area contributed by atoms with Crippen molar-refractivity contribution < 1.29 is 13.2 Å².